The van der Waals surface area contributed by atoms with Crippen molar-refractivity contribution in [2.45, 2.75) is 31.9 Å². The number of nitrogens with one attached hydrogen (secondary N) is 1. The van der Waals surface area contributed by atoms with Crippen LogP contribution >= 0.6 is 0 Å². The maximum Gasteiger partial charge on any atom is 0.419 e. The Labute approximate surface area is 176 Å². The summed E-state index contributed by atoms with van der Waals surface area (Å²) in [6.45, 7) is 0.169. The van der Waals surface area contributed by atoms with Gasteiger partial charge >= 0.3 is 12.1 Å². The zero-order valence-corrected chi connectivity index (χ0v) is 16.7. The van der Waals surface area contributed by atoms with Gasteiger partial charge in [0.15, 0.2) is 11.9 Å². The van der Waals surface area contributed by atoms with Crippen molar-refractivity contribution in [1.29, 1.82) is 0 Å². The Kier molecular flexibility index (Phi) is 6.64. The van der Waals surface area contributed by atoms with Crippen LogP contribution in [0.15, 0.2) is 48.5 Å². The molecule has 0 saturated carbocycles. The Bertz CT molecular complexity index is 1100. The number of carboxylic acid groups (broad SMARTS) is 1. The third kappa shape index (κ3) is 4.55. The van der Waals surface area contributed by atoms with Gasteiger partial charge in [-0.3, -0.25) is 14.4 Å². The van der Waals surface area contributed by atoms with Crippen molar-refractivity contribution >= 4 is 45.6 Å². The number of Topliss-reactive ketones (excluding diaryl/α,β-unsaturated/α-hetero) is 1. The van der Waals surface area contributed by atoms with Crippen molar-refractivity contribution in [2.24, 2.45) is 0 Å². The van der Waals surface area contributed by atoms with Gasteiger partial charge in [0.05, 0.1) is 17.5 Å². The predicted octanol–water partition coefficient (Wildman–Crippen LogP) is 3.06. The fourth-order valence-electron chi connectivity index (χ4n) is 3.39. The van der Waals surface area contributed by atoms with Crippen molar-refractivity contribution < 1.29 is 33.4 Å². The standard InChI is InChI=1S/C22H21FN2O6/c1-2-19(21(29)24-15(11-20(27)28)18(26)12-23)31-22(30)25-16-9-5-3-7-13(16)14-8-4-6-10-17(14)25/h3-10,15,19H,2,11-12H2,1H3,(H,24,29)(H,27,28)/t15?,19-/m0/s1. The second-order valence-corrected chi connectivity index (χ2v) is 6.91. The molecule has 0 bridgehead atoms. The van der Waals surface area contributed by atoms with E-state index < -0.39 is 49.0 Å². The van der Waals surface area contributed by atoms with Gasteiger partial charge in [-0.15, -0.1) is 0 Å². The molecule has 1 unspecified atom stereocenters. The number of fused-ring (bicyclic) bond motifs is 3. The molecule has 31 heavy (non-hydrogen) atoms. The Morgan fingerprint density at radius 3 is 2.06 bits per heavy atom. The minimum absolute atomic E-state index is 0.0678. The summed E-state index contributed by atoms with van der Waals surface area (Å²) in [4.78, 5) is 48.1. The molecule has 1 amide bonds. The number of carbonyl (C=O) groups is 4. The number of rotatable bonds is 8. The summed E-state index contributed by atoms with van der Waals surface area (Å²) in [6.07, 6.45) is -2.80. The van der Waals surface area contributed by atoms with Crippen LogP contribution < -0.4 is 5.32 Å². The number of amides is 1. The van der Waals surface area contributed by atoms with Crippen LogP contribution in [0.4, 0.5) is 9.18 Å². The minimum Gasteiger partial charge on any atom is -0.481 e. The Morgan fingerprint density at radius 1 is 1.03 bits per heavy atom. The lowest BCUT2D eigenvalue weighted by atomic mass is 10.1. The van der Waals surface area contributed by atoms with Gasteiger partial charge < -0.3 is 15.2 Å². The van der Waals surface area contributed by atoms with Crippen LogP contribution in [0.5, 0.6) is 0 Å². The van der Waals surface area contributed by atoms with Crippen LogP contribution in [0.1, 0.15) is 19.8 Å². The van der Waals surface area contributed by atoms with Gasteiger partial charge in [0, 0.05) is 10.8 Å². The van der Waals surface area contributed by atoms with E-state index in [2.05, 4.69) is 5.32 Å². The molecule has 162 valence electrons. The summed E-state index contributed by atoms with van der Waals surface area (Å²) in [7, 11) is 0. The quantitative estimate of drug-likeness (QED) is 0.570. The Morgan fingerprint density at radius 2 is 1.58 bits per heavy atom. The first-order valence-electron chi connectivity index (χ1n) is 9.67. The number of alkyl halides is 1. The van der Waals surface area contributed by atoms with E-state index >= 15 is 0 Å². The predicted molar refractivity (Wildman–Crippen MR) is 111 cm³/mol. The molecule has 2 atom stereocenters. The Balaban J connectivity index is 1.86. The van der Waals surface area contributed by atoms with Gasteiger partial charge in [-0.05, 0) is 18.6 Å². The highest BCUT2D eigenvalue weighted by atomic mass is 19.1. The van der Waals surface area contributed by atoms with Crippen LogP contribution in [0.2, 0.25) is 0 Å². The number of aliphatic carboxylic acids is 1. The largest absolute Gasteiger partial charge is 0.481 e. The highest BCUT2D eigenvalue weighted by Gasteiger charge is 2.29. The molecule has 1 heterocycles. The third-order valence-electron chi connectivity index (χ3n) is 4.88. The van der Waals surface area contributed by atoms with Crippen LogP contribution in [0.3, 0.4) is 0 Å². The second-order valence-electron chi connectivity index (χ2n) is 6.91. The highest BCUT2D eigenvalue weighted by Crippen LogP contribution is 2.29. The van der Waals surface area contributed by atoms with Crippen LogP contribution in [-0.2, 0) is 19.1 Å². The van der Waals surface area contributed by atoms with Crippen molar-refractivity contribution in [3.63, 3.8) is 0 Å². The zero-order chi connectivity index (χ0) is 22.5. The van der Waals surface area contributed by atoms with Crippen LogP contribution in [0.25, 0.3) is 21.8 Å². The number of aromatic nitrogens is 1. The van der Waals surface area contributed by atoms with Crippen molar-refractivity contribution in [2.75, 3.05) is 6.67 Å². The molecule has 0 aliphatic rings. The molecule has 8 nitrogen and oxygen atoms in total. The van der Waals surface area contributed by atoms with E-state index in [4.69, 9.17) is 9.84 Å². The molecular weight excluding hydrogens is 407 g/mol. The van der Waals surface area contributed by atoms with Gasteiger partial charge in [0.25, 0.3) is 5.91 Å². The smallest absolute Gasteiger partial charge is 0.419 e. The number of ether oxygens (including phenoxy) is 1. The second kappa shape index (κ2) is 9.38. The van der Waals surface area contributed by atoms with Gasteiger partial charge in [-0.2, -0.15) is 0 Å². The lowest BCUT2D eigenvalue weighted by molar-refractivity contribution is -0.141. The molecule has 0 spiro atoms. The average molecular weight is 428 g/mol. The summed E-state index contributed by atoms with van der Waals surface area (Å²) in [5.41, 5.74) is 1.20. The van der Waals surface area contributed by atoms with Gasteiger partial charge in [0.2, 0.25) is 0 Å². The molecular formula is C22H21FN2O6. The number of hydrogen-bond donors (Lipinski definition) is 2. The number of hydrogen-bond acceptors (Lipinski definition) is 5. The summed E-state index contributed by atoms with van der Waals surface area (Å²) >= 11 is 0. The first-order valence-corrected chi connectivity index (χ1v) is 9.67. The lowest BCUT2D eigenvalue weighted by Crippen LogP contribution is -2.48. The van der Waals surface area contributed by atoms with E-state index in [9.17, 15) is 23.6 Å². The topological polar surface area (TPSA) is 115 Å². The van der Waals surface area contributed by atoms with E-state index in [0.717, 1.165) is 10.8 Å². The van der Waals surface area contributed by atoms with E-state index in [-0.39, 0.29) is 6.42 Å². The lowest BCUT2D eigenvalue weighted by Gasteiger charge is -2.20. The molecule has 2 aromatic carbocycles. The number of ketones is 1. The zero-order valence-electron chi connectivity index (χ0n) is 16.7. The van der Waals surface area contributed by atoms with Crippen LogP contribution in [0, 0.1) is 0 Å². The van der Waals surface area contributed by atoms with Gasteiger partial charge in [0.1, 0.15) is 12.7 Å². The number of para-hydroxylation sites is 2. The number of carboxylic acids is 1. The molecule has 0 aliphatic heterocycles. The summed E-state index contributed by atoms with van der Waals surface area (Å²) in [5.74, 6) is -3.31. The number of carbonyl (C=O) groups excluding carboxylic acids is 3. The van der Waals surface area contributed by atoms with Crippen LogP contribution in [-0.4, -0.2) is 52.2 Å². The van der Waals surface area contributed by atoms with Crippen molar-refractivity contribution in [3.8, 4) is 0 Å². The maximum absolute atomic E-state index is 13.0. The van der Waals surface area contributed by atoms with Gasteiger partial charge in [-0.1, -0.05) is 43.3 Å². The van der Waals surface area contributed by atoms with E-state index in [0.29, 0.717) is 11.0 Å². The third-order valence-corrected chi connectivity index (χ3v) is 4.88. The molecule has 0 radical (unpaired) electrons. The maximum atomic E-state index is 13.0. The molecule has 3 rings (SSSR count). The minimum atomic E-state index is -1.55. The number of halogens is 1. The molecule has 0 aliphatic carbocycles. The van der Waals surface area contributed by atoms with Crippen molar-refractivity contribution in [1.82, 2.24) is 9.88 Å². The monoisotopic (exact) mass is 428 g/mol. The first-order chi connectivity index (χ1) is 14.9. The number of nitrogens with zero attached hydrogens (tertiary/aromatic N) is 1. The summed E-state index contributed by atoms with van der Waals surface area (Å²) in [5, 5.41) is 12.7. The van der Waals surface area contributed by atoms with E-state index in [1.165, 1.54) is 4.57 Å². The molecule has 3 aromatic rings. The average Bonchev–Trinajstić information content (AvgIpc) is 3.10. The summed E-state index contributed by atoms with van der Waals surface area (Å²) < 4.78 is 19.5. The Hall–Kier alpha value is -3.75. The highest BCUT2D eigenvalue weighted by molar-refractivity contribution is 6.12. The molecule has 2 N–H and O–H groups in total. The fourth-order valence-corrected chi connectivity index (χ4v) is 3.39. The fraction of sp³-hybridized carbons (Fsp3) is 0.273. The molecule has 0 fully saturated rings. The number of benzene rings is 2. The first kappa shape index (κ1) is 21.9. The molecule has 9 heteroatoms. The van der Waals surface area contributed by atoms with Gasteiger partial charge in [-0.25, -0.2) is 13.8 Å². The van der Waals surface area contributed by atoms with E-state index in [1.807, 2.05) is 24.3 Å². The van der Waals surface area contributed by atoms with Crippen molar-refractivity contribution in [3.05, 3.63) is 48.5 Å². The molecule has 0 saturated heterocycles. The SMILES string of the molecule is CC[C@H](OC(=O)n1c2ccccc2c2ccccc21)C(=O)NC(CC(=O)O)C(=O)CF. The normalized spacial score (nSPS) is 13.0. The summed E-state index contributed by atoms with van der Waals surface area (Å²) in [6, 6.07) is 12.9. The van der Waals surface area contributed by atoms with E-state index in [1.54, 1.807) is 31.2 Å². The molecule has 1 aromatic heterocycles.